The molecule has 0 aromatic carbocycles. The van der Waals surface area contributed by atoms with E-state index >= 15 is 0 Å². The third-order valence-corrected chi connectivity index (χ3v) is 2.96. The number of pyridine rings is 1. The number of hydrogen-bond donors (Lipinski definition) is 2. The van der Waals surface area contributed by atoms with Crippen molar-refractivity contribution in [1.29, 1.82) is 0 Å². The Balaban J connectivity index is 1.80. The molecule has 3 nitrogen and oxygen atoms in total. The van der Waals surface area contributed by atoms with Gasteiger partial charge in [-0.1, -0.05) is 11.6 Å². The maximum Gasteiger partial charge on any atom is 0.166 e. The third-order valence-electron chi connectivity index (χ3n) is 2.76. The van der Waals surface area contributed by atoms with E-state index in [4.69, 9.17) is 11.6 Å². The van der Waals surface area contributed by atoms with Crippen LogP contribution >= 0.6 is 11.6 Å². The van der Waals surface area contributed by atoms with Crippen LogP contribution in [0.25, 0.3) is 0 Å². The molecule has 1 fully saturated rings. The summed E-state index contributed by atoms with van der Waals surface area (Å²) in [5.74, 6) is -0.116. The second-order valence-electron chi connectivity index (χ2n) is 3.99. The monoisotopic (exact) mass is 243 g/mol. The van der Waals surface area contributed by atoms with E-state index in [0.717, 1.165) is 19.5 Å². The van der Waals surface area contributed by atoms with Crippen molar-refractivity contribution in [2.75, 3.05) is 18.4 Å². The molecule has 1 aromatic heterocycles. The van der Waals surface area contributed by atoms with Gasteiger partial charge in [-0.05, 0) is 31.9 Å². The largest absolute Gasteiger partial charge is 0.368 e. The Morgan fingerprint density at radius 2 is 2.50 bits per heavy atom. The summed E-state index contributed by atoms with van der Waals surface area (Å²) in [5, 5.41) is 6.69. The molecule has 0 saturated carbocycles. The van der Waals surface area contributed by atoms with Gasteiger partial charge in [0.05, 0.1) is 5.02 Å². The number of anilines is 1. The van der Waals surface area contributed by atoms with Gasteiger partial charge in [0.25, 0.3) is 0 Å². The molecule has 1 aliphatic heterocycles. The summed E-state index contributed by atoms with van der Waals surface area (Å²) in [6.07, 6.45) is 4.88. The molecular weight excluding hydrogens is 229 g/mol. The van der Waals surface area contributed by atoms with Crippen LogP contribution in [0.3, 0.4) is 0 Å². The molecule has 0 unspecified atom stereocenters. The highest BCUT2D eigenvalue weighted by atomic mass is 35.5. The molecule has 0 bridgehead atoms. The zero-order chi connectivity index (χ0) is 11.4. The summed E-state index contributed by atoms with van der Waals surface area (Å²) in [5.41, 5.74) is 0. The molecule has 1 aliphatic rings. The molecule has 1 aromatic rings. The van der Waals surface area contributed by atoms with Crippen molar-refractivity contribution in [1.82, 2.24) is 10.3 Å². The number of nitrogens with one attached hydrogen (secondary N) is 2. The molecule has 0 aliphatic carbocycles. The van der Waals surface area contributed by atoms with Crippen LogP contribution in [0.4, 0.5) is 10.2 Å². The van der Waals surface area contributed by atoms with E-state index in [1.165, 1.54) is 25.1 Å². The lowest BCUT2D eigenvalue weighted by molar-refractivity contribution is 0.570. The topological polar surface area (TPSA) is 37.0 Å². The Hall–Kier alpha value is -0.870. The van der Waals surface area contributed by atoms with Crippen molar-refractivity contribution in [3.63, 3.8) is 0 Å². The molecule has 5 heteroatoms. The van der Waals surface area contributed by atoms with Crippen LogP contribution < -0.4 is 10.6 Å². The van der Waals surface area contributed by atoms with Crippen molar-refractivity contribution in [3.05, 3.63) is 23.1 Å². The first kappa shape index (κ1) is 11.6. The first-order valence-corrected chi connectivity index (χ1v) is 5.92. The third kappa shape index (κ3) is 3.06. The van der Waals surface area contributed by atoms with E-state index in [1.807, 2.05) is 0 Å². The highest BCUT2D eigenvalue weighted by molar-refractivity contribution is 6.30. The van der Waals surface area contributed by atoms with Crippen LogP contribution in [-0.2, 0) is 0 Å². The number of halogens is 2. The van der Waals surface area contributed by atoms with E-state index in [1.54, 1.807) is 0 Å². The lowest BCUT2D eigenvalue weighted by Crippen LogP contribution is -2.24. The number of hydrogen-bond acceptors (Lipinski definition) is 3. The predicted molar refractivity (Wildman–Crippen MR) is 63.3 cm³/mol. The van der Waals surface area contributed by atoms with Crippen LogP contribution in [0.15, 0.2) is 12.3 Å². The van der Waals surface area contributed by atoms with Gasteiger partial charge < -0.3 is 10.6 Å². The highest BCUT2D eigenvalue weighted by Crippen LogP contribution is 2.16. The zero-order valence-corrected chi connectivity index (χ0v) is 9.73. The number of aromatic nitrogens is 1. The smallest absolute Gasteiger partial charge is 0.166 e. The van der Waals surface area contributed by atoms with E-state index in [2.05, 4.69) is 15.6 Å². The average molecular weight is 244 g/mol. The average Bonchev–Trinajstić information content (AvgIpc) is 2.74. The summed E-state index contributed by atoms with van der Waals surface area (Å²) in [4.78, 5) is 3.90. The van der Waals surface area contributed by atoms with Crippen molar-refractivity contribution in [2.45, 2.75) is 25.3 Å². The van der Waals surface area contributed by atoms with E-state index in [0.29, 0.717) is 11.1 Å². The molecule has 0 radical (unpaired) electrons. The number of nitrogens with zero attached hydrogens (tertiary/aromatic N) is 1. The van der Waals surface area contributed by atoms with Crippen LogP contribution in [0.1, 0.15) is 19.3 Å². The van der Waals surface area contributed by atoms with Crippen LogP contribution in [0, 0.1) is 5.82 Å². The fourth-order valence-corrected chi connectivity index (χ4v) is 2.06. The van der Waals surface area contributed by atoms with Crippen molar-refractivity contribution < 1.29 is 4.39 Å². The van der Waals surface area contributed by atoms with Gasteiger partial charge in [-0.2, -0.15) is 0 Å². The second kappa shape index (κ2) is 5.46. The summed E-state index contributed by atoms with van der Waals surface area (Å²) in [6, 6.07) is 1.83. The van der Waals surface area contributed by atoms with Gasteiger partial charge in [-0.25, -0.2) is 9.37 Å². The molecule has 1 atom stereocenters. The SMILES string of the molecule is Fc1cc(Cl)cnc1NCC[C@H]1CCCN1. The minimum Gasteiger partial charge on any atom is -0.368 e. The van der Waals surface area contributed by atoms with E-state index in [-0.39, 0.29) is 5.82 Å². The molecule has 2 heterocycles. The molecule has 2 rings (SSSR count). The summed E-state index contributed by atoms with van der Waals surface area (Å²) < 4.78 is 13.3. The van der Waals surface area contributed by atoms with Gasteiger partial charge in [0.15, 0.2) is 11.6 Å². The van der Waals surface area contributed by atoms with Crippen molar-refractivity contribution in [3.8, 4) is 0 Å². The quantitative estimate of drug-likeness (QED) is 0.853. The van der Waals surface area contributed by atoms with Crippen LogP contribution in [0.5, 0.6) is 0 Å². The summed E-state index contributed by atoms with van der Waals surface area (Å²) in [7, 11) is 0. The minimum atomic E-state index is -0.396. The summed E-state index contributed by atoms with van der Waals surface area (Å²) in [6.45, 7) is 1.82. The Morgan fingerprint density at radius 1 is 1.62 bits per heavy atom. The predicted octanol–water partition coefficient (Wildman–Crippen LogP) is 2.43. The standard InChI is InChI=1S/C11H15ClFN3/c12-8-6-10(13)11(16-7-8)15-5-3-9-2-1-4-14-9/h6-7,9,14H,1-5H2,(H,15,16)/t9-/m1/s1. The first-order valence-electron chi connectivity index (χ1n) is 5.54. The molecule has 0 amide bonds. The first-order chi connectivity index (χ1) is 7.75. The van der Waals surface area contributed by atoms with E-state index in [9.17, 15) is 4.39 Å². The number of rotatable bonds is 4. The molecule has 0 spiro atoms. The molecule has 1 saturated heterocycles. The lowest BCUT2D eigenvalue weighted by atomic mass is 10.1. The Labute approximate surface area is 99.4 Å². The summed E-state index contributed by atoms with van der Waals surface area (Å²) >= 11 is 5.61. The molecule has 2 N–H and O–H groups in total. The maximum absolute atomic E-state index is 13.3. The lowest BCUT2D eigenvalue weighted by Gasteiger charge is -2.11. The van der Waals surface area contributed by atoms with Gasteiger partial charge >= 0.3 is 0 Å². The van der Waals surface area contributed by atoms with Gasteiger partial charge in [-0.15, -0.1) is 0 Å². The van der Waals surface area contributed by atoms with E-state index < -0.39 is 5.82 Å². The molecule has 88 valence electrons. The van der Waals surface area contributed by atoms with Gasteiger partial charge in [0, 0.05) is 18.8 Å². The van der Waals surface area contributed by atoms with Crippen LogP contribution in [-0.4, -0.2) is 24.1 Å². The van der Waals surface area contributed by atoms with Gasteiger partial charge in [0.2, 0.25) is 0 Å². The minimum absolute atomic E-state index is 0.280. The Morgan fingerprint density at radius 3 is 3.19 bits per heavy atom. The molecular formula is C11H15ClFN3. The fourth-order valence-electron chi connectivity index (χ4n) is 1.91. The van der Waals surface area contributed by atoms with Gasteiger partial charge in [-0.3, -0.25) is 0 Å². The highest BCUT2D eigenvalue weighted by Gasteiger charge is 2.13. The van der Waals surface area contributed by atoms with Crippen molar-refractivity contribution in [2.24, 2.45) is 0 Å². The fraction of sp³-hybridized carbons (Fsp3) is 0.545. The Kier molecular flexibility index (Phi) is 3.96. The van der Waals surface area contributed by atoms with Crippen molar-refractivity contribution >= 4 is 17.4 Å². The Bertz CT molecular complexity index is 353. The zero-order valence-electron chi connectivity index (χ0n) is 8.97. The van der Waals surface area contributed by atoms with Gasteiger partial charge in [0.1, 0.15) is 0 Å². The van der Waals surface area contributed by atoms with Crippen LogP contribution in [0.2, 0.25) is 5.02 Å². The molecule has 16 heavy (non-hydrogen) atoms. The normalized spacial score (nSPS) is 20.0. The second-order valence-corrected chi connectivity index (χ2v) is 4.43. The maximum atomic E-state index is 13.3.